The molecule has 2 aromatic carbocycles. The van der Waals surface area contributed by atoms with E-state index in [2.05, 4.69) is 88.4 Å². The summed E-state index contributed by atoms with van der Waals surface area (Å²) in [6.45, 7) is 2.26. The fourth-order valence-corrected chi connectivity index (χ4v) is 7.19. The molecule has 1 aromatic heterocycles. The highest BCUT2D eigenvalue weighted by molar-refractivity contribution is 8.03. The van der Waals surface area contributed by atoms with Gasteiger partial charge >= 0.3 is 0 Å². The topological polar surface area (TPSA) is 7.12 Å². The molecule has 3 aliphatic rings. The predicted molar refractivity (Wildman–Crippen MR) is 134 cm³/mol. The van der Waals surface area contributed by atoms with E-state index < -0.39 is 0 Å². The van der Waals surface area contributed by atoms with Crippen LogP contribution in [0.4, 0.5) is 5.69 Å². The lowest BCUT2D eigenvalue weighted by atomic mass is 10.0. The quantitative estimate of drug-likeness (QED) is 0.270. The molecule has 0 amide bonds. The van der Waals surface area contributed by atoms with Crippen LogP contribution in [0.1, 0.15) is 29.0 Å². The minimum atomic E-state index is 0. The second kappa shape index (κ2) is 9.57. The van der Waals surface area contributed by atoms with Crippen molar-refractivity contribution in [3.8, 4) is 0 Å². The SMILES string of the molecule is C(/C=C/C=C/C=C/c1sc2cccc3c2[n+]1CCC3)=C1/Sc2cccc3c2N1CCC3.[I-]. The third-order valence-corrected chi connectivity index (χ3v) is 8.47. The number of nitrogens with zero attached hydrogens (tertiary/aromatic N) is 2. The van der Waals surface area contributed by atoms with Crippen LogP contribution in [0.25, 0.3) is 16.3 Å². The number of halogens is 1. The van der Waals surface area contributed by atoms with Gasteiger partial charge in [0, 0.05) is 29.5 Å². The highest BCUT2D eigenvalue weighted by atomic mass is 127. The van der Waals surface area contributed by atoms with Crippen LogP contribution in [-0.4, -0.2) is 6.54 Å². The molecule has 0 saturated heterocycles. The zero-order valence-electron chi connectivity index (χ0n) is 17.8. The summed E-state index contributed by atoms with van der Waals surface area (Å²) in [5.74, 6) is 0. The number of rotatable bonds is 4. The minimum absolute atomic E-state index is 0. The number of hydrogen-bond donors (Lipinski definition) is 0. The Hall–Kier alpha value is -1.83. The van der Waals surface area contributed by atoms with Crippen LogP contribution in [0.5, 0.6) is 0 Å². The highest BCUT2D eigenvalue weighted by Crippen LogP contribution is 2.49. The summed E-state index contributed by atoms with van der Waals surface area (Å²) in [5.41, 5.74) is 5.90. The molecular weight excluding hydrogens is 543 g/mol. The number of thioether (sulfide) groups is 1. The molecule has 0 fully saturated rings. The molecule has 32 heavy (non-hydrogen) atoms. The Bertz CT molecular complexity index is 1280. The van der Waals surface area contributed by atoms with E-state index in [1.165, 1.54) is 67.6 Å². The maximum absolute atomic E-state index is 2.49. The van der Waals surface area contributed by atoms with Gasteiger partial charge < -0.3 is 28.9 Å². The van der Waals surface area contributed by atoms with Crippen LogP contribution < -0.4 is 33.4 Å². The summed E-state index contributed by atoms with van der Waals surface area (Å²) in [6, 6.07) is 13.5. The molecule has 3 aromatic rings. The molecule has 162 valence electrons. The summed E-state index contributed by atoms with van der Waals surface area (Å²) < 4.78 is 3.90. The largest absolute Gasteiger partial charge is 1.00 e. The molecule has 6 rings (SSSR count). The van der Waals surface area contributed by atoms with Crippen molar-refractivity contribution in [2.45, 2.75) is 37.1 Å². The van der Waals surface area contributed by atoms with Crippen molar-refractivity contribution in [3.05, 3.63) is 94.0 Å². The van der Waals surface area contributed by atoms with Crippen molar-refractivity contribution < 1.29 is 28.5 Å². The smallest absolute Gasteiger partial charge is 0.262 e. The van der Waals surface area contributed by atoms with E-state index in [-0.39, 0.29) is 24.0 Å². The van der Waals surface area contributed by atoms with Gasteiger partial charge in [0.05, 0.1) is 10.7 Å². The molecule has 0 unspecified atom stereocenters. The van der Waals surface area contributed by atoms with Gasteiger partial charge in [0.15, 0.2) is 6.54 Å². The van der Waals surface area contributed by atoms with E-state index in [1.54, 1.807) is 0 Å². The molecule has 0 radical (unpaired) electrons. The first-order valence-electron chi connectivity index (χ1n) is 11.1. The molecule has 0 saturated carbocycles. The molecule has 0 atom stereocenters. The molecule has 3 aliphatic heterocycles. The van der Waals surface area contributed by atoms with Gasteiger partial charge in [-0.3, -0.25) is 0 Å². The van der Waals surface area contributed by atoms with Crippen LogP contribution in [0.15, 0.2) is 82.8 Å². The van der Waals surface area contributed by atoms with Gasteiger partial charge in [-0.2, -0.15) is 4.57 Å². The number of para-hydroxylation sites is 2. The Balaban J connectivity index is 0.00000216. The van der Waals surface area contributed by atoms with Gasteiger partial charge in [-0.05, 0) is 43.0 Å². The monoisotopic (exact) mass is 568 g/mol. The van der Waals surface area contributed by atoms with Crippen LogP contribution in [0.2, 0.25) is 0 Å². The van der Waals surface area contributed by atoms with E-state index in [0.29, 0.717) is 0 Å². The first-order chi connectivity index (χ1) is 15.4. The highest BCUT2D eigenvalue weighted by Gasteiger charge is 2.29. The fourth-order valence-electron chi connectivity index (χ4n) is 4.89. The Morgan fingerprint density at radius 3 is 2.66 bits per heavy atom. The molecular formula is C27H25IN2S2. The van der Waals surface area contributed by atoms with E-state index in [9.17, 15) is 0 Å². The summed E-state index contributed by atoms with van der Waals surface area (Å²) in [5, 5.41) is 2.69. The zero-order chi connectivity index (χ0) is 20.6. The van der Waals surface area contributed by atoms with Crippen molar-refractivity contribution in [2.75, 3.05) is 11.4 Å². The maximum Gasteiger partial charge on any atom is 0.262 e. The first kappa shape index (κ1) is 22.0. The lowest BCUT2D eigenvalue weighted by Gasteiger charge is -2.27. The number of hydrogen-bond acceptors (Lipinski definition) is 3. The molecule has 0 spiro atoms. The number of aryl methyl sites for hydroxylation is 3. The number of anilines is 1. The van der Waals surface area contributed by atoms with Gasteiger partial charge in [-0.15, -0.1) is 0 Å². The molecule has 4 heterocycles. The fraction of sp³-hybridized carbons (Fsp3) is 0.222. The maximum atomic E-state index is 2.49. The summed E-state index contributed by atoms with van der Waals surface area (Å²) >= 11 is 3.80. The van der Waals surface area contributed by atoms with Crippen molar-refractivity contribution >= 4 is 45.1 Å². The van der Waals surface area contributed by atoms with Crippen molar-refractivity contribution in [3.63, 3.8) is 0 Å². The predicted octanol–water partition coefficient (Wildman–Crippen LogP) is 3.66. The standard InChI is InChI=1S/C27H25N2S2.HI/c1(2-4-16-24-28-18-8-12-20-10-6-14-22(30-24)26(20)28)3-5-17-25-29-19-9-13-21-11-7-15-23(31-25)27(21)29;/h1-7,10-11,14-17H,8-9,12-13,18-19H2;1H/q+1;/p-1. The normalized spacial score (nSPS) is 18.4. The van der Waals surface area contributed by atoms with E-state index in [0.717, 1.165) is 13.1 Å². The summed E-state index contributed by atoms with van der Waals surface area (Å²) in [7, 11) is 0. The van der Waals surface area contributed by atoms with Crippen LogP contribution >= 0.6 is 23.1 Å². The average Bonchev–Trinajstić information content (AvgIpc) is 3.35. The lowest BCUT2D eigenvalue weighted by Crippen LogP contribution is -3.00. The van der Waals surface area contributed by atoms with Crippen molar-refractivity contribution in [1.82, 2.24) is 0 Å². The number of thiazole rings is 1. The zero-order valence-corrected chi connectivity index (χ0v) is 21.6. The number of allylic oxidation sites excluding steroid dienone is 6. The lowest BCUT2D eigenvalue weighted by molar-refractivity contribution is -0.671. The van der Waals surface area contributed by atoms with E-state index in [4.69, 9.17) is 0 Å². The third kappa shape index (κ3) is 3.99. The summed E-state index contributed by atoms with van der Waals surface area (Å²) in [4.78, 5) is 3.90. The minimum Gasteiger partial charge on any atom is -1.00 e. The Morgan fingerprint density at radius 2 is 1.69 bits per heavy atom. The van der Waals surface area contributed by atoms with Gasteiger partial charge in [-0.1, -0.05) is 77.7 Å². The van der Waals surface area contributed by atoms with Crippen LogP contribution in [0, 0.1) is 0 Å². The van der Waals surface area contributed by atoms with E-state index in [1.807, 2.05) is 23.1 Å². The number of benzene rings is 2. The Labute approximate surface area is 215 Å². The Morgan fingerprint density at radius 1 is 0.875 bits per heavy atom. The average molecular weight is 569 g/mol. The van der Waals surface area contributed by atoms with Gasteiger partial charge in [-0.25, -0.2) is 0 Å². The summed E-state index contributed by atoms with van der Waals surface area (Å²) in [6.07, 6.45) is 20.1. The number of aromatic nitrogens is 1. The van der Waals surface area contributed by atoms with Gasteiger partial charge in [0.2, 0.25) is 5.52 Å². The van der Waals surface area contributed by atoms with Gasteiger partial charge in [0.25, 0.3) is 5.01 Å². The van der Waals surface area contributed by atoms with Crippen LogP contribution in [0.3, 0.4) is 0 Å². The third-order valence-electron chi connectivity index (χ3n) is 6.24. The van der Waals surface area contributed by atoms with Crippen molar-refractivity contribution in [2.24, 2.45) is 0 Å². The van der Waals surface area contributed by atoms with Crippen LogP contribution in [-0.2, 0) is 19.4 Å². The first-order valence-corrected chi connectivity index (χ1v) is 12.7. The molecule has 0 aliphatic carbocycles. The van der Waals surface area contributed by atoms with Crippen molar-refractivity contribution in [1.29, 1.82) is 0 Å². The Kier molecular flexibility index (Phi) is 6.58. The van der Waals surface area contributed by atoms with E-state index >= 15 is 0 Å². The molecule has 0 bridgehead atoms. The molecule has 0 N–H and O–H groups in total. The van der Waals surface area contributed by atoms with Gasteiger partial charge in [0.1, 0.15) is 4.70 Å². The second-order valence-electron chi connectivity index (χ2n) is 8.21. The second-order valence-corrected chi connectivity index (χ2v) is 10.3. The molecule has 5 heteroatoms. The molecule has 2 nitrogen and oxygen atoms in total.